The Morgan fingerprint density at radius 2 is 2.39 bits per heavy atom. The number of nitrogens with two attached hydrogens (primary N) is 1. The largest absolute Gasteiger partial charge is 0.378 e. The Morgan fingerprint density at radius 1 is 1.67 bits per heavy atom. The standard InChI is InChI=1S/C12H20N4O2/c1-16-8-9(7-13)11(15-16)14-10(17)6-12(18-2)4-3-5-12/h8H,3-7,13H2,1-2H3,(H,14,15,17). The lowest BCUT2D eigenvalue weighted by Gasteiger charge is -2.39. The molecule has 0 aliphatic heterocycles. The van der Waals surface area contributed by atoms with Gasteiger partial charge in [0.1, 0.15) is 0 Å². The third-order valence-corrected chi connectivity index (χ3v) is 3.56. The van der Waals surface area contributed by atoms with Gasteiger partial charge in [-0.15, -0.1) is 0 Å². The van der Waals surface area contributed by atoms with Gasteiger partial charge < -0.3 is 15.8 Å². The fourth-order valence-corrected chi connectivity index (χ4v) is 2.29. The summed E-state index contributed by atoms with van der Waals surface area (Å²) < 4.78 is 7.08. The van der Waals surface area contributed by atoms with Gasteiger partial charge in [0.25, 0.3) is 0 Å². The molecule has 1 aromatic rings. The van der Waals surface area contributed by atoms with Gasteiger partial charge in [-0.1, -0.05) is 0 Å². The molecule has 1 aliphatic carbocycles. The van der Waals surface area contributed by atoms with E-state index in [0.717, 1.165) is 24.8 Å². The molecule has 0 atom stereocenters. The molecule has 1 aliphatic rings. The van der Waals surface area contributed by atoms with Gasteiger partial charge in [0, 0.05) is 32.5 Å². The zero-order valence-electron chi connectivity index (χ0n) is 10.9. The van der Waals surface area contributed by atoms with Gasteiger partial charge in [0.2, 0.25) is 5.91 Å². The average Bonchev–Trinajstić information content (AvgIpc) is 2.64. The molecule has 1 aromatic heterocycles. The lowest BCUT2D eigenvalue weighted by molar-refractivity contribution is -0.129. The summed E-state index contributed by atoms with van der Waals surface area (Å²) in [7, 11) is 3.47. The van der Waals surface area contributed by atoms with Gasteiger partial charge in [-0.3, -0.25) is 9.48 Å². The number of hydrogen-bond donors (Lipinski definition) is 2. The molecule has 1 fully saturated rings. The zero-order valence-corrected chi connectivity index (χ0v) is 10.9. The van der Waals surface area contributed by atoms with Crippen molar-refractivity contribution in [2.24, 2.45) is 12.8 Å². The van der Waals surface area contributed by atoms with Crippen LogP contribution in [0.3, 0.4) is 0 Å². The minimum atomic E-state index is -0.262. The first kappa shape index (κ1) is 13.0. The number of carbonyl (C=O) groups is 1. The normalized spacial score (nSPS) is 17.3. The van der Waals surface area contributed by atoms with Crippen molar-refractivity contribution >= 4 is 11.7 Å². The molecular weight excluding hydrogens is 232 g/mol. The number of nitrogens with one attached hydrogen (secondary N) is 1. The molecule has 3 N–H and O–H groups in total. The highest BCUT2D eigenvalue weighted by Gasteiger charge is 2.39. The highest BCUT2D eigenvalue weighted by molar-refractivity contribution is 5.91. The molecule has 0 aromatic carbocycles. The molecule has 0 unspecified atom stereocenters. The maximum atomic E-state index is 12.0. The van der Waals surface area contributed by atoms with Crippen LogP contribution in [0.15, 0.2) is 6.20 Å². The first-order valence-electron chi connectivity index (χ1n) is 6.16. The maximum Gasteiger partial charge on any atom is 0.228 e. The van der Waals surface area contributed by atoms with E-state index in [2.05, 4.69) is 10.4 Å². The fraction of sp³-hybridized carbons (Fsp3) is 0.667. The third kappa shape index (κ3) is 2.54. The minimum Gasteiger partial charge on any atom is -0.378 e. The summed E-state index contributed by atoms with van der Waals surface area (Å²) in [5.41, 5.74) is 6.18. The van der Waals surface area contributed by atoms with Crippen molar-refractivity contribution < 1.29 is 9.53 Å². The van der Waals surface area contributed by atoms with Crippen molar-refractivity contribution in [2.75, 3.05) is 12.4 Å². The van der Waals surface area contributed by atoms with Crippen LogP contribution in [-0.4, -0.2) is 28.4 Å². The van der Waals surface area contributed by atoms with Gasteiger partial charge in [0.05, 0.1) is 12.0 Å². The Balaban J connectivity index is 1.98. The molecule has 0 bridgehead atoms. The van der Waals surface area contributed by atoms with Crippen molar-refractivity contribution in [1.29, 1.82) is 0 Å². The number of carbonyl (C=O) groups excluding carboxylic acids is 1. The van der Waals surface area contributed by atoms with Gasteiger partial charge in [0.15, 0.2) is 5.82 Å². The molecule has 2 rings (SSSR count). The molecule has 1 amide bonds. The Kier molecular flexibility index (Phi) is 3.68. The highest BCUT2D eigenvalue weighted by Crippen LogP contribution is 2.38. The van der Waals surface area contributed by atoms with Gasteiger partial charge >= 0.3 is 0 Å². The molecular formula is C12H20N4O2. The Bertz CT molecular complexity index is 432. The quantitative estimate of drug-likeness (QED) is 0.811. The third-order valence-electron chi connectivity index (χ3n) is 3.56. The Hall–Kier alpha value is -1.40. The monoisotopic (exact) mass is 252 g/mol. The number of ether oxygens (including phenoxy) is 1. The Morgan fingerprint density at radius 3 is 2.89 bits per heavy atom. The number of amides is 1. The van der Waals surface area contributed by atoms with E-state index < -0.39 is 0 Å². The number of aromatic nitrogens is 2. The van der Waals surface area contributed by atoms with Crippen LogP contribution >= 0.6 is 0 Å². The second kappa shape index (κ2) is 5.07. The number of hydrogen-bond acceptors (Lipinski definition) is 4. The highest BCUT2D eigenvalue weighted by atomic mass is 16.5. The maximum absolute atomic E-state index is 12.0. The van der Waals surface area contributed by atoms with E-state index in [1.165, 1.54) is 0 Å². The molecule has 1 saturated carbocycles. The topological polar surface area (TPSA) is 82.2 Å². The number of aryl methyl sites for hydroxylation is 1. The lowest BCUT2D eigenvalue weighted by atomic mass is 9.77. The van der Waals surface area contributed by atoms with E-state index >= 15 is 0 Å². The first-order valence-corrected chi connectivity index (χ1v) is 6.16. The molecule has 6 nitrogen and oxygen atoms in total. The van der Waals surface area contributed by atoms with E-state index in [9.17, 15) is 4.79 Å². The smallest absolute Gasteiger partial charge is 0.228 e. The van der Waals surface area contributed by atoms with Gasteiger partial charge in [-0.05, 0) is 19.3 Å². The van der Waals surface area contributed by atoms with E-state index in [-0.39, 0.29) is 11.5 Å². The SMILES string of the molecule is COC1(CC(=O)Nc2nn(C)cc2CN)CCC1. The number of rotatable bonds is 5. The molecule has 1 heterocycles. The zero-order chi connectivity index (χ0) is 13.2. The van der Waals surface area contributed by atoms with Crippen LogP contribution in [-0.2, 0) is 23.1 Å². The van der Waals surface area contributed by atoms with Crippen molar-refractivity contribution in [3.63, 3.8) is 0 Å². The van der Waals surface area contributed by atoms with Gasteiger partial charge in [-0.25, -0.2) is 0 Å². The average molecular weight is 252 g/mol. The fourth-order valence-electron chi connectivity index (χ4n) is 2.29. The van der Waals surface area contributed by atoms with Crippen molar-refractivity contribution in [2.45, 2.75) is 37.8 Å². The lowest BCUT2D eigenvalue weighted by Crippen LogP contribution is -2.42. The predicted molar refractivity (Wildman–Crippen MR) is 67.9 cm³/mol. The van der Waals surface area contributed by atoms with Crippen molar-refractivity contribution in [3.8, 4) is 0 Å². The molecule has 100 valence electrons. The van der Waals surface area contributed by atoms with Crippen LogP contribution in [0.4, 0.5) is 5.82 Å². The second-order valence-electron chi connectivity index (χ2n) is 4.85. The van der Waals surface area contributed by atoms with Crippen LogP contribution in [0.1, 0.15) is 31.2 Å². The molecule has 18 heavy (non-hydrogen) atoms. The molecule has 0 radical (unpaired) electrons. The van der Waals surface area contributed by atoms with Crippen LogP contribution < -0.4 is 11.1 Å². The van der Waals surface area contributed by atoms with E-state index in [4.69, 9.17) is 10.5 Å². The number of nitrogens with zero attached hydrogens (tertiary/aromatic N) is 2. The molecule has 0 saturated heterocycles. The summed E-state index contributed by atoms with van der Waals surface area (Å²) in [6.07, 6.45) is 5.21. The van der Waals surface area contributed by atoms with E-state index in [1.807, 2.05) is 6.20 Å². The summed E-state index contributed by atoms with van der Waals surface area (Å²) in [4.78, 5) is 12.0. The summed E-state index contributed by atoms with van der Waals surface area (Å²) in [6, 6.07) is 0. The van der Waals surface area contributed by atoms with E-state index in [0.29, 0.717) is 18.8 Å². The summed E-state index contributed by atoms with van der Waals surface area (Å²) in [6.45, 7) is 0.360. The van der Waals surface area contributed by atoms with Crippen LogP contribution in [0.25, 0.3) is 0 Å². The minimum absolute atomic E-state index is 0.0649. The van der Waals surface area contributed by atoms with Crippen LogP contribution in [0, 0.1) is 0 Å². The van der Waals surface area contributed by atoms with E-state index in [1.54, 1.807) is 18.8 Å². The Labute approximate surface area is 106 Å². The van der Waals surface area contributed by atoms with Crippen molar-refractivity contribution in [1.82, 2.24) is 9.78 Å². The number of methoxy groups -OCH3 is 1. The second-order valence-corrected chi connectivity index (χ2v) is 4.85. The predicted octanol–water partition coefficient (Wildman–Crippen LogP) is 0.776. The molecule has 0 spiro atoms. The molecule has 6 heteroatoms. The summed E-state index contributed by atoms with van der Waals surface area (Å²) in [5.74, 6) is 0.487. The summed E-state index contributed by atoms with van der Waals surface area (Å²) >= 11 is 0. The first-order chi connectivity index (χ1) is 8.58. The van der Waals surface area contributed by atoms with Crippen LogP contribution in [0.2, 0.25) is 0 Å². The number of anilines is 1. The van der Waals surface area contributed by atoms with Gasteiger partial charge in [-0.2, -0.15) is 5.10 Å². The van der Waals surface area contributed by atoms with Crippen LogP contribution in [0.5, 0.6) is 0 Å². The summed E-state index contributed by atoms with van der Waals surface area (Å²) in [5, 5.41) is 6.99. The van der Waals surface area contributed by atoms with Crippen molar-refractivity contribution in [3.05, 3.63) is 11.8 Å².